The molecule has 1 fully saturated rings. The van der Waals surface area contributed by atoms with Crippen molar-refractivity contribution in [2.45, 2.75) is 24.2 Å². The second kappa shape index (κ2) is 9.90. The molecule has 0 saturated carbocycles. The average Bonchev–Trinajstić information content (AvgIpc) is 2.79. The largest absolute Gasteiger partial charge is 0.493 e. The van der Waals surface area contributed by atoms with E-state index in [4.69, 9.17) is 9.47 Å². The Balaban J connectivity index is 1.48. The smallest absolute Gasteiger partial charge is 0.244 e. The summed E-state index contributed by atoms with van der Waals surface area (Å²) in [5.41, 5.74) is 1.03. The van der Waals surface area contributed by atoms with Gasteiger partial charge >= 0.3 is 0 Å². The fraction of sp³-hybridized carbons (Fsp3) is 0.429. The van der Waals surface area contributed by atoms with E-state index in [0.717, 1.165) is 5.56 Å². The van der Waals surface area contributed by atoms with Gasteiger partial charge in [0.1, 0.15) is 4.90 Å². The van der Waals surface area contributed by atoms with Crippen LogP contribution in [0.1, 0.15) is 18.4 Å². The number of carbonyl (C=O) groups is 1. The Hall–Kier alpha value is -2.65. The van der Waals surface area contributed by atoms with Gasteiger partial charge in [0.05, 0.1) is 14.2 Å². The molecule has 0 unspecified atom stereocenters. The second-order valence-corrected chi connectivity index (χ2v) is 9.04. The highest BCUT2D eigenvalue weighted by molar-refractivity contribution is 7.89. The van der Waals surface area contributed by atoms with Gasteiger partial charge < -0.3 is 14.8 Å². The summed E-state index contributed by atoms with van der Waals surface area (Å²) < 4.78 is 37.3. The van der Waals surface area contributed by atoms with E-state index in [9.17, 15) is 13.2 Å². The zero-order valence-electron chi connectivity index (χ0n) is 17.2. The minimum absolute atomic E-state index is 0.0334. The quantitative estimate of drug-likeness (QED) is 0.682. The monoisotopic (exact) mass is 433 g/mol. The van der Waals surface area contributed by atoms with Gasteiger partial charge in [0, 0.05) is 37.9 Å². The molecule has 9 heteroatoms. The van der Waals surface area contributed by atoms with Crippen LogP contribution >= 0.6 is 0 Å². The number of carbonyl (C=O) groups excluding carboxylic acids is 1. The summed E-state index contributed by atoms with van der Waals surface area (Å²) in [4.78, 5) is 16.6. The summed E-state index contributed by atoms with van der Waals surface area (Å²) in [5.74, 6) is 1.10. The Bertz CT molecular complexity index is 958. The topological polar surface area (TPSA) is 97.8 Å². The molecule has 1 amide bonds. The summed E-state index contributed by atoms with van der Waals surface area (Å²) in [6.45, 7) is 1.15. The minimum atomic E-state index is -3.56. The lowest BCUT2D eigenvalue weighted by molar-refractivity contribution is -0.126. The predicted molar refractivity (Wildman–Crippen MR) is 112 cm³/mol. The van der Waals surface area contributed by atoms with Gasteiger partial charge in [-0.3, -0.25) is 9.78 Å². The predicted octanol–water partition coefficient (Wildman–Crippen LogP) is 1.86. The van der Waals surface area contributed by atoms with E-state index in [1.165, 1.54) is 22.8 Å². The van der Waals surface area contributed by atoms with E-state index < -0.39 is 10.0 Å². The number of pyridine rings is 1. The number of aromatic nitrogens is 1. The first kappa shape index (κ1) is 22.0. The summed E-state index contributed by atoms with van der Waals surface area (Å²) >= 11 is 0. The van der Waals surface area contributed by atoms with Crippen molar-refractivity contribution < 1.29 is 22.7 Å². The number of rotatable bonds is 8. The molecule has 0 atom stereocenters. The Morgan fingerprint density at radius 2 is 1.90 bits per heavy atom. The standard InChI is InChI=1S/C21H27N3O5S/c1-28-19-6-5-16(14-20(19)29-2)7-11-23-21(25)17-8-12-24(13-9-17)30(26,27)18-4-3-10-22-15-18/h3-6,10,14-15,17H,7-9,11-13H2,1-2H3,(H,23,25). The van der Waals surface area contributed by atoms with Gasteiger partial charge in [-0.25, -0.2) is 8.42 Å². The van der Waals surface area contributed by atoms with Crippen molar-refractivity contribution in [3.8, 4) is 11.5 Å². The van der Waals surface area contributed by atoms with E-state index in [2.05, 4.69) is 10.3 Å². The van der Waals surface area contributed by atoms with Gasteiger partial charge in [-0.2, -0.15) is 4.31 Å². The number of benzene rings is 1. The first-order valence-corrected chi connectivity index (χ1v) is 11.3. The minimum Gasteiger partial charge on any atom is -0.493 e. The molecule has 2 aromatic rings. The Morgan fingerprint density at radius 3 is 2.53 bits per heavy atom. The molecule has 3 rings (SSSR count). The van der Waals surface area contributed by atoms with Gasteiger partial charge in [-0.05, 0) is 49.1 Å². The highest BCUT2D eigenvalue weighted by Gasteiger charge is 2.32. The van der Waals surface area contributed by atoms with Crippen molar-refractivity contribution in [1.29, 1.82) is 0 Å². The zero-order valence-corrected chi connectivity index (χ0v) is 18.0. The molecule has 0 bridgehead atoms. The van der Waals surface area contributed by atoms with Gasteiger partial charge in [0.2, 0.25) is 15.9 Å². The van der Waals surface area contributed by atoms with Crippen LogP contribution in [0.2, 0.25) is 0 Å². The van der Waals surface area contributed by atoms with Gasteiger partial charge in [0.25, 0.3) is 0 Å². The number of nitrogens with zero attached hydrogens (tertiary/aromatic N) is 2. The van der Waals surface area contributed by atoms with Crippen molar-refractivity contribution in [2.75, 3.05) is 33.9 Å². The zero-order chi connectivity index (χ0) is 21.6. The van der Waals surface area contributed by atoms with Crippen LogP contribution in [0.4, 0.5) is 0 Å². The third-order valence-electron chi connectivity index (χ3n) is 5.26. The Labute approximate surface area is 177 Å². The van der Waals surface area contributed by atoms with Crippen LogP contribution < -0.4 is 14.8 Å². The number of hydrogen-bond acceptors (Lipinski definition) is 6. The molecule has 30 heavy (non-hydrogen) atoms. The highest BCUT2D eigenvalue weighted by Crippen LogP contribution is 2.27. The SMILES string of the molecule is COc1ccc(CCNC(=O)C2CCN(S(=O)(=O)c3cccnc3)CC2)cc1OC. The third-order valence-corrected chi connectivity index (χ3v) is 7.14. The lowest BCUT2D eigenvalue weighted by Gasteiger charge is -2.30. The van der Waals surface area contributed by atoms with Crippen molar-refractivity contribution in [1.82, 2.24) is 14.6 Å². The fourth-order valence-corrected chi connectivity index (χ4v) is 4.95. The normalized spacial score (nSPS) is 15.5. The first-order chi connectivity index (χ1) is 14.5. The highest BCUT2D eigenvalue weighted by atomic mass is 32.2. The van der Waals surface area contributed by atoms with Crippen LogP contribution in [0.15, 0.2) is 47.6 Å². The molecule has 1 saturated heterocycles. The van der Waals surface area contributed by atoms with Crippen LogP contribution in [0, 0.1) is 5.92 Å². The molecule has 8 nitrogen and oxygen atoms in total. The number of amides is 1. The lowest BCUT2D eigenvalue weighted by atomic mass is 9.97. The van der Waals surface area contributed by atoms with Crippen molar-refractivity contribution in [3.05, 3.63) is 48.3 Å². The molecular formula is C21H27N3O5S. The third kappa shape index (κ3) is 5.09. The van der Waals surface area contributed by atoms with Gasteiger partial charge in [0.15, 0.2) is 11.5 Å². The molecule has 1 aromatic heterocycles. The Kier molecular flexibility index (Phi) is 7.28. The number of sulfonamides is 1. The molecule has 1 aromatic carbocycles. The molecular weight excluding hydrogens is 406 g/mol. The van der Waals surface area contributed by atoms with Gasteiger partial charge in [-0.15, -0.1) is 0 Å². The average molecular weight is 434 g/mol. The number of nitrogens with one attached hydrogen (secondary N) is 1. The molecule has 1 aliphatic rings. The van der Waals surface area contributed by atoms with Crippen molar-refractivity contribution in [2.24, 2.45) is 5.92 Å². The van der Waals surface area contributed by atoms with Gasteiger partial charge in [-0.1, -0.05) is 6.07 Å². The van der Waals surface area contributed by atoms with Crippen LogP contribution in [0.3, 0.4) is 0 Å². The number of ether oxygens (including phenoxy) is 2. The molecule has 0 radical (unpaired) electrons. The lowest BCUT2D eigenvalue weighted by Crippen LogP contribution is -2.43. The molecule has 0 aliphatic carbocycles. The number of hydrogen-bond donors (Lipinski definition) is 1. The summed E-state index contributed by atoms with van der Waals surface area (Å²) in [6.07, 6.45) is 4.56. The first-order valence-electron chi connectivity index (χ1n) is 9.84. The molecule has 1 aliphatic heterocycles. The second-order valence-electron chi connectivity index (χ2n) is 7.10. The van der Waals surface area contributed by atoms with Crippen LogP contribution in [-0.4, -0.2) is 57.5 Å². The maximum atomic E-state index is 12.7. The molecule has 0 spiro atoms. The maximum Gasteiger partial charge on any atom is 0.244 e. The van der Waals surface area contributed by atoms with E-state index in [-0.39, 0.29) is 16.7 Å². The maximum absolute atomic E-state index is 12.7. The van der Waals surface area contributed by atoms with Crippen LogP contribution in [-0.2, 0) is 21.2 Å². The van der Waals surface area contributed by atoms with E-state index in [1.54, 1.807) is 20.3 Å². The summed E-state index contributed by atoms with van der Waals surface area (Å²) in [7, 11) is -0.384. The van der Waals surface area contributed by atoms with E-state index in [1.807, 2.05) is 18.2 Å². The Morgan fingerprint density at radius 1 is 1.17 bits per heavy atom. The number of methoxy groups -OCH3 is 2. The van der Waals surface area contributed by atoms with E-state index in [0.29, 0.717) is 50.4 Å². The van der Waals surface area contributed by atoms with Crippen LogP contribution in [0.5, 0.6) is 11.5 Å². The fourth-order valence-electron chi connectivity index (χ4n) is 3.52. The van der Waals surface area contributed by atoms with Crippen LogP contribution in [0.25, 0.3) is 0 Å². The molecule has 1 N–H and O–H groups in total. The number of piperidine rings is 1. The molecule has 162 valence electrons. The van der Waals surface area contributed by atoms with E-state index >= 15 is 0 Å². The summed E-state index contributed by atoms with van der Waals surface area (Å²) in [5, 5.41) is 2.96. The molecule has 2 heterocycles. The van der Waals surface area contributed by atoms with Crippen molar-refractivity contribution >= 4 is 15.9 Å². The summed E-state index contributed by atoms with van der Waals surface area (Å²) in [6, 6.07) is 8.82. The van der Waals surface area contributed by atoms with Crippen molar-refractivity contribution in [3.63, 3.8) is 0 Å².